The number of aromatic amines is 1. The van der Waals surface area contributed by atoms with Crippen molar-refractivity contribution >= 4 is 48.4 Å². The maximum atomic E-state index is 13.9. The van der Waals surface area contributed by atoms with E-state index in [0.717, 1.165) is 49.6 Å². The van der Waals surface area contributed by atoms with E-state index in [1.807, 2.05) is 0 Å². The Kier molecular flexibility index (Phi) is 7.65. The fourth-order valence-electron chi connectivity index (χ4n) is 5.37. The van der Waals surface area contributed by atoms with Crippen molar-refractivity contribution in [1.29, 1.82) is 0 Å². The normalized spacial score (nSPS) is 14.9. The van der Waals surface area contributed by atoms with E-state index in [2.05, 4.69) is 20.1 Å². The van der Waals surface area contributed by atoms with Gasteiger partial charge in [-0.15, -0.1) is 0 Å². The standard InChI is InChI=1S/C30H30N6O4S2/c37-41(38,27-13-7-3-8-14-27)36(42(39,40)28-15-9-4-10-16-28)26-19-17-25(18-20-26)35(24-11-5-1-2-6-12-24)30-31-21-23-22-32-34-29(23)33-30/h3-4,7-10,13-22,24H,1-2,5-6,11-12H2,(H,31,32,33,34). The third kappa shape index (κ3) is 5.35. The number of benzene rings is 3. The van der Waals surface area contributed by atoms with Crippen molar-refractivity contribution < 1.29 is 16.8 Å². The van der Waals surface area contributed by atoms with Crippen LogP contribution in [-0.4, -0.2) is 43.0 Å². The topological polar surface area (TPSA) is 129 Å². The molecule has 0 bridgehead atoms. The predicted octanol–water partition coefficient (Wildman–Crippen LogP) is 5.80. The van der Waals surface area contributed by atoms with E-state index in [1.54, 1.807) is 60.9 Å². The van der Waals surface area contributed by atoms with Gasteiger partial charge in [0.05, 0.1) is 27.1 Å². The predicted molar refractivity (Wildman–Crippen MR) is 161 cm³/mol. The summed E-state index contributed by atoms with van der Waals surface area (Å²) in [6, 6.07) is 21.7. The van der Waals surface area contributed by atoms with Gasteiger partial charge in [0.1, 0.15) is 0 Å². The Balaban J connectivity index is 1.45. The molecule has 0 spiro atoms. The van der Waals surface area contributed by atoms with Gasteiger partial charge in [-0.05, 0) is 61.4 Å². The monoisotopic (exact) mass is 602 g/mol. The van der Waals surface area contributed by atoms with Crippen LogP contribution in [0, 0.1) is 0 Å². The number of H-pyrrole nitrogens is 1. The van der Waals surface area contributed by atoms with Crippen LogP contribution in [0.3, 0.4) is 0 Å². The van der Waals surface area contributed by atoms with Gasteiger partial charge in [0.15, 0.2) is 5.65 Å². The Labute approximate surface area is 245 Å². The van der Waals surface area contributed by atoms with Gasteiger partial charge < -0.3 is 4.90 Å². The smallest absolute Gasteiger partial charge is 0.277 e. The highest BCUT2D eigenvalue weighted by atomic mass is 32.3. The number of nitrogens with one attached hydrogen (secondary N) is 1. The van der Waals surface area contributed by atoms with Crippen LogP contribution in [0.25, 0.3) is 11.0 Å². The average Bonchev–Trinajstić information content (AvgIpc) is 3.32. The first-order chi connectivity index (χ1) is 20.4. The van der Waals surface area contributed by atoms with Crippen LogP contribution in [0.15, 0.2) is 107 Å². The first-order valence-electron chi connectivity index (χ1n) is 13.8. The molecule has 2 heterocycles. The van der Waals surface area contributed by atoms with Crippen molar-refractivity contribution in [2.45, 2.75) is 54.4 Å². The molecule has 5 aromatic rings. The van der Waals surface area contributed by atoms with E-state index >= 15 is 0 Å². The van der Waals surface area contributed by atoms with Gasteiger partial charge in [-0.3, -0.25) is 5.10 Å². The van der Waals surface area contributed by atoms with Crippen molar-refractivity contribution in [3.63, 3.8) is 0 Å². The fraction of sp³-hybridized carbons (Fsp3) is 0.233. The van der Waals surface area contributed by atoms with Crippen LogP contribution in [-0.2, 0) is 20.0 Å². The SMILES string of the molecule is O=S(=O)(c1ccccc1)N(c1ccc(N(c2ncc3cn[nH]c3n2)C2CCCCCC2)cc1)S(=O)(=O)c1ccccc1. The van der Waals surface area contributed by atoms with E-state index in [9.17, 15) is 16.8 Å². The fourth-order valence-corrected chi connectivity index (χ4v) is 9.10. The summed E-state index contributed by atoms with van der Waals surface area (Å²) in [7, 11) is -8.98. The number of nitrogens with zero attached hydrogens (tertiary/aromatic N) is 5. The minimum absolute atomic E-state index is 0.00258. The zero-order valence-corrected chi connectivity index (χ0v) is 24.4. The Morgan fingerprint density at radius 2 is 1.21 bits per heavy atom. The molecule has 12 heteroatoms. The van der Waals surface area contributed by atoms with Crippen LogP contribution in [0.2, 0.25) is 0 Å². The second-order valence-corrected chi connectivity index (χ2v) is 14.0. The summed E-state index contributed by atoms with van der Waals surface area (Å²) < 4.78 is 56.0. The number of aromatic nitrogens is 4. The zero-order valence-electron chi connectivity index (χ0n) is 22.7. The van der Waals surface area contributed by atoms with Crippen molar-refractivity contribution in [3.8, 4) is 0 Å². The van der Waals surface area contributed by atoms with Crippen molar-refractivity contribution in [3.05, 3.63) is 97.3 Å². The van der Waals surface area contributed by atoms with Crippen LogP contribution >= 0.6 is 0 Å². The summed E-state index contributed by atoms with van der Waals surface area (Å²) in [4.78, 5) is 11.2. The van der Waals surface area contributed by atoms with Crippen LogP contribution in [0.5, 0.6) is 0 Å². The summed E-state index contributed by atoms with van der Waals surface area (Å²) in [5, 5.41) is 7.76. The van der Waals surface area contributed by atoms with Crippen molar-refractivity contribution in [1.82, 2.24) is 20.2 Å². The number of hydrogen-bond donors (Lipinski definition) is 1. The molecule has 1 saturated carbocycles. The van der Waals surface area contributed by atoms with Gasteiger partial charge >= 0.3 is 0 Å². The number of rotatable bonds is 8. The molecule has 3 aromatic carbocycles. The molecule has 0 amide bonds. The van der Waals surface area contributed by atoms with Gasteiger partial charge in [0.2, 0.25) is 5.95 Å². The minimum atomic E-state index is -4.49. The summed E-state index contributed by atoms with van der Waals surface area (Å²) >= 11 is 0. The van der Waals surface area contributed by atoms with Gasteiger partial charge in [0, 0.05) is 17.9 Å². The molecule has 0 saturated heterocycles. The Morgan fingerprint density at radius 3 is 1.79 bits per heavy atom. The molecule has 6 rings (SSSR count). The van der Waals surface area contributed by atoms with Crippen molar-refractivity contribution in [2.24, 2.45) is 0 Å². The highest BCUT2D eigenvalue weighted by Gasteiger charge is 2.37. The molecule has 216 valence electrons. The maximum Gasteiger partial charge on any atom is 0.277 e. The summed E-state index contributed by atoms with van der Waals surface area (Å²) in [6.07, 6.45) is 9.75. The lowest BCUT2D eigenvalue weighted by molar-refractivity contribution is 0.562. The number of sulfonamides is 2. The molecule has 42 heavy (non-hydrogen) atoms. The van der Waals surface area contributed by atoms with Gasteiger partial charge in [-0.25, -0.2) is 21.8 Å². The quantitative estimate of drug-likeness (QED) is 0.221. The number of hydrogen-bond acceptors (Lipinski definition) is 8. The average molecular weight is 603 g/mol. The molecule has 10 nitrogen and oxygen atoms in total. The molecule has 0 radical (unpaired) electrons. The largest absolute Gasteiger partial charge is 0.307 e. The van der Waals surface area contributed by atoms with Crippen LogP contribution in [0.4, 0.5) is 17.3 Å². The molecule has 1 aliphatic rings. The first-order valence-corrected chi connectivity index (χ1v) is 16.7. The highest BCUT2D eigenvalue weighted by Crippen LogP contribution is 2.36. The number of fused-ring (bicyclic) bond motifs is 1. The van der Waals surface area contributed by atoms with Crippen molar-refractivity contribution in [2.75, 3.05) is 8.61 Å². The Bertz CT molecular complexity index is 1800. The summed E-state index contributed by atoms with van der Waals surface area (Å²) in [5.74, 6) is 0.497. The van der Waals surface area contributed by atoms with Gasteiger partial charge in [0.25, 0.3) is 20.0 Å². The molecule has 1 N–H and O–H groups in total. The third-order valence-corrected chi connectivity index (χ3v) is 11.6. The molecular weight excluding hydrogens is 573 g/mol. The second-order valence-electron chi connectivity index (χ2n) is 10.2. The zero-order chi connectivity index (χ0) is 29.2. The maximum absolute atomic E-state index is 13.9. The van der Waals surface area contributed by atoms with E-state index < -0.39 is 20.0 Å². The molecular formula is C30H30N6O4S2. The highest BCUT2D eigenvalue weighted by molar-refractivity contribution is 8.10. The molecule has 0 aliphatic heterocycles. The summed E-state index contributed by atoms with van der Waals surface area (Å²) in [6.45, 7) is 0. The van der Waals surface area contributed by atoms with Crippen LogP contribution in [0.1, 0.15) is 38.5 Å². The van der Waals surface area contributed by atoms with Gasteiger partial charge in [-0.1, -0.05) is 62.1 Å². The first kappa shape index (κ1) is 27.9. The summed E-state index contributed by atoms with van der Waals surface area (Å²) in [5.41, 5.74) is 1.35. The lowest BCUT2D eigenvalue weighted by Gasteiger charge is -2.32. The minimum Gasteiger partial charge on any atom is -0.307 e. The molecule has 0 unspecified atom stereocenters. The van der Waals surface area contributed by atoms with Crippen LogP contribution < -0.4 is 8.61 Å². The van der Waals surface area contributed by atoms with E-state index in [4.69, 9.17) is 4.98 Å². The number of anilines is 3. The second kappa shape index (κ2) is 11.5. The van der Waals surface area contributed by atoms with E-state index in [1.165, 1.54) is 36.4 Å². The Morgan fingerprint density at radius 1 is 0.667 bits per heavy atom. The third-order valence-electron chi connectivity index (χ3n) is 7.44. The molecule has 1 fully saturated rings. The molecule has 1 aliphatic carbocycles. The van der Waals surface area contributed by atoms with E-state index in [0.29, 0.717) is 15.3 Å². The molecule has 2 aromatic heterocycles. The lowest BCUT2D eigenvalue weighted by atomic mass is 10.1. The van der Waals surface area contributed by atoms with E-state index in [-0.39, 0.29) is 21.5 Å². The Hall–Kier alpha value is -4.29. The van der Waals surface area contributed by atoms with Gasteiger partial charge in [-0.2, -0.15) is 13.8 Å². The molecule has 0 atom stereocenters. The lowest BCUT2D eigenvalue weighted by Crippen LogP contribution is -2.37.